The van der Waals surface area contributed by atoms with Crippen molar-refractivity contribution >= 4 is 32.6 Å². The third kappa shape index (κ3) is 3.05. The second kappa shape index (κ2) is 6.17. The summed E-state index contributed by atoms with van der Waals surface area (Å²) >= 11 is 1.15. The zero-order valence-electron chi connectivity index (χ0n) is 13.1. The summed E-state index contributed by atoms with van der Waals surface area (Å²) in [6.45, 7) is 0.871. The number of aromatic nitrogens is 1. The lowest BCUT2D eigenvalue weighted by molar-refractivity contribution is -0.137. The number of hydrogen-bond donors (Lipinski definition) is 1. The number of thiazole rings is 1. The molecule has 0 atom stereocenters. The van der Waals surface area contributed by atoms with Crippen LogP contribution in [0.5, 0.6) is 11.5 Å². The maximum atomic E-state index is 13.1. The van der Waals surface area contributed by atoms with Gasteiger partial charge in [0.05, 0.1) is 21.3 Å². The molecule has 0 saturated heterocycles. The maximum Gasteiger partial charge on any atom is 0.417 e. The highest BCUT2D eigenvalue weighted by molar-refractivity contribution is 7.22. The lowest BCUT2D eigenvalue weighted by atomic mass is 10.1. The van der Waals surface area contributed by atoms with Gasteiger partial charge in [-0.2, -0.15) is 13.2 Å². The Morgan fingerprint density at radius 1 is 1.12 bits per heavy atom. The van der Waals surface area contributed by atoms with Gasteiger partial charge < -0.3 is 9.47 Å². The third-order valence-electron chi connectivity index (χ3n) is 3.75. The molecule has 0 aliphatic carbocycles. The van der Waals surface area contributed by atoms with Crippen molar-refractivity contribution in [1.82, 2.24) is 4.98 Å². The van der Waals surface area contributed by atoms with Crippen LogP contribution in [0.4, 0.5) is 18.3 Å². The number of anilines is 1. The van der Waals surface area contributed by atoms with Crippen LogP contribution < -0.4 is 14.8 Å². The zero-order chi connectivity index (χ0) is 18.3. The number of ether oxygens (including phenoxy) is 2. The Bertz CT molecular complexity index is 958. The van der Waals surface area contributed by atoms with Gasteiger partial charge in [0.15, 0.2) is 16.6 Å². The van der Waals surface area contributed by atoms with E-state index in [4.69, 9.17) is 9.47 Å². The van der Waals surface area contributed by atoms with Gasteiger partial charge in [-0.1, -0.05) is 23.5 Å². The van der Waals surface area contributed by atoms with Crippen molar-refractivity contribution in [3.63, 3.8) is 0 Å². The first-order valence-electron chi connectivity index (χ1n) is 7.59. The number of carbonyl (C=O) groups excluding carboxylic acids is 1. The molecule has 1 aliphatic rings. The first-order chi connectivity index (χ1) is 12.4. The minimum atomic E-state index is -4.62. The van der Waals surface area contributed by atoms with Crippen LogP contribution in [-0.4, -0.2) is 24.1 Å². The number of nitrogens with one attached hydrogen (secondary N) is 1. The number of amides is 1. The molecule has 0 fully saturated rings. The monoisotopic (exact) mass is 380 g/mol. The van der Waals surface area contributed by atoms with E-state index in [9.17, 15) is 18.0 Å². The fourth-order valence-electron chi connectivity index (χ4n) is 2.61. The summed E-state index contributed by atoms with van der Waals surface area (Å²) in [5.74, 6) is 0.260. The standard InChI is InChI=1S/C17H11F3N2O3S/c18-17(19,20)10-4-2-1-3-9(10)15(23)22-16-21-11-7-12-13(8-14(11)26-16)25-6-5-24-12/h1-4,7-8H,5-6H2,(H,21,22,23). The van der Waals surface area contributed by atoms with E-state index in [2.05, 4.69) is 10.3 Å². The molecule has 0 spiro atoms. The van der Waals surface area contributed by atoms with Gasteiger partial charge in [0.25, 0.3) is 5.91 Å². The summed E-state index contributed by atoms with van der Waals surface area (Å²) in [5, 5.41) is 2.64. The molecule has 0 radical (unpaired) electrons. The van der Waals surface area contributed by atoms with Gasteiger partial charge >= 0.3 is 6.18 Å². The average molecular weight is 380 g/mol. The number of carbonyl (C=O) groups is 1. The van der Waals surface area contributed by atoms with Crippen LogP contribution in [0.25, 0.3) is 10.2 Å². The maximum absolute atomic E-state index is 13.1. The van der Waals surface area contributed by atoms with E-state index in [0.29, 0.717) is 30.2 Å². The predicted octanol–water partition coefficient (Wildman–Crippen LogP) is 4.34. The summed E-state index contributed by atoms with van der Waals surface area (Å²) < 4.78 is 50.9. The molecular formula is C17H11F3N2O3S. The summed E-state index contributed by atoms with van der Waals surface area (Å²) in [7, 11) is 0. The van der Waals surface area contributed by atoms with Crippen molar-refractivity contribution in [1.29, 1.82) is 0 Å². The van der Waals surface area contributed by atoms with Gasteiger partial charge in [0.2, 0.25) is 0 Å². The van der Waals surface area contributed by atoms with E-state index in [-0.39, 0.29) is 5.13 Å². The Morgan fingerprint density at radius 3 is 2.54 bits per heavy atom. The Morgan fingerprint density at radius 2 is 1.81 bits per heavy atom. The van der Waals surface area contributed by atoms with Crippen molar-refractivity contribution < 1.29 is 27.4 Å². The summed E-state index contributed by atoms with van der Waals surface area (Å²) in [6.07, 6.45) is -4.62. The normalized spacial score (nSPS) is 13.7. The fraction of sp³-hybridized carbons (Fsp3) is 0.176. The second-order valence-corrected chi connectivity index (χ2v) is 6.51. The molecule has 4 rings (SSSR count). The lowest BCUT2D eigenvalue weighted by Crippen LogP contribution is -2.18. The zero-order valence-corrected chi connectivity index (χ0v) is 13.9. The highest BCUT2D eigenvalue weighted by atomic mass is 32.1. The van der Waals surface area contributed by atoms with Gasteiger partial charge in [-0.05, 0) is 12.1 Å². The van der Waals surface area contributed by atoms with Crippen molar-refractivity contribution in [3.05, 3.63) is 47.5 Å². The highest BCUT2D eigenvalue weighted by Crippen LogP contribution is 2.38. The predicted molar refractivity (Wildman–Crippen MR) is 90.0 cm³/mol. The minimum absolute atomic E-state index is 0.198. The van der Waals surface area contributed by atoms with Gasteiger partial charge in [-0.3, -0.25) is 10.1 Å². The number of fused-ring (bicyclic) bond motifs is 2. The van der Waals surface area contributed by atoms with Crippen molar-refractivity contribution in [2.45, 2.75) is 6.18 Å². The largest absolute Gasteiger partial charge is 0.486 e. The molecule has 0 bridgehead atoms. The third-order valence-corrected chi connectivity index (χ3v) is 4.68. The van der Waals surface area contributed by atoms with Gasteiger partial charge in [0, 0.05) is 12.1 Å². The summed E-state index contributed by atoms with van der Waals surface area (Å²) in [4.78, 5) is 16.6. The fourth-order valence-corrected chi connectivity index (χ4v) is 3.48. The Balaban J connectivity index is 1.64. The first-order valence-corrected chi connectivity index (χ1v) is 8.41. The topological polar surface area (TPSA) is 60.5 Å². The number of rotatable bonds is 2. The Kier molecular flexibility index (Phi) is 3.95. The van der Waals surface area contributed by atoms with Crippen LogP contribution in [0.3, 0.4) is 0 Å². The van der Waals surface area contributed by atoms with Crippen LogP contribution in [-0.2, 0) is 6.18 Å². The molecule has 26 heavy (non-hydrogen) atoms. The number of nitrogens with zero attached hydrogens (tertiary/aromatic N) is 1. The van der Waals surface area contributed by atoms with Crippen LogP contribution in [0.15, 0.2) is 36.4 Å². The van der Waals surface area contributed by atoms with Crippen LogP contribution in [0.1, 0.15) is 15.9 Å². The van der Waals surface area contributed by atoms with Crippen molar-refractivity contribution in [2.75, 3.05) is 18.5 Å². The smallest absolute Gasteiger partial charge is 0.417 e. The summed E-state index contributed by atoms with van der Waals surface area (Å²) in [5.41, 5.74) is -0.875. The van der Waals surface area contributed by atoms with Crippen LogP contribution >= 0.6 is 11.3 Å². The van der Waals surface area contributed by atoms with Gasteiger partial charge in [-0.25, -0.2) is 4.98 Å². The molecule has 1 aromatic heterocycles. The number of benzene rings is 2. The SMILES string of the molecule is O=C(Nc1nc2cc3c(cc2s1)OCCO3)c1ccccc1C(F)(F)F. The molecule has 9 heteroatoms. The molecular weight excluding hydrogens is 369 g/mol. The van der Waals surface area contributed by atoms with E-state index in [1.165, 1.54) is 12.1 Å². The molecule has 3 aromatic rings. The van der Waals surface area contributed by atoms with Gasteiger partial charge in [0.1, 0.15) is 13.2 Å². The van der Waals surface area contributed by atoms with Crippen molar-refractivity contribution in [3.8, 4) is 11.5 Å². The highest BCUT2D eigenvalue weighted by Gasteiger charge is 2.35. The molecule has 0 unspecified atom stereocenters. The van der Waals surface area contributed by atoms with Gasteiger partial charge in [-0.15, -0.1) is 0 Å². The molecule has 0 saturated carbocycles. The van der Waals surface area contributed by atoms with Crippen LogP contribution in [0.2, 0.25) is 0 Å². The number of alkyl halides is 3. The van der Waals surface area contributed by atoms with Crippen LogP contribution in [0, 0.1) is 0 Å². The van der Waals surface area contributed by atoms with E-state index >= 15 is 0 Å². The number of halogens is 3. The van der Waals surface area contributed by atoms with E-state index in [1.54, 1.807) is 12.1 Å². The molecule has 134 valence electrons. The van der Waals surface area contributed by atoms with E-state index < -0.39 is 23.2 Å². The quantitative estimate of drug-likeness (QED) is 0.719. The molecule has 5 nitrogen and oxygen atoms in total. The first kappa shape index (κ1) is 16.6. The Hall–Kier alpha value is -2.81. The minimum Gasteiger partial charge on any atom is -0.486 e. The Labute approximate surface area is 149 Å². The average Bonchev–Trinajstić information content (AvgIpc) is 2.99. The second-order valence-electron chi connectivity index (χ2n) is 5.48. The molecule has 1 amide bonds. The molecule has 2 aromatic carbocycles. The summed E-state index contributed by atoms with van der Waals surface area (Å²) in [6, 6.07) is 8.04. The van der Waals surface area contributed by atoms with Crippen molar-refractivity contribution in [2.24, 2.45) is 0 Å². The van der Waals surface area contributed by atoms with E-state index in [1.807, 2.05) is 0 Å². The lowest BCUT2D eigenvalue weighted by Gasteiger charge is -2.17. The molecule has 2 heterocycles. The molecule has 1 aliphatic heterocycles. The number of hydrogen-bond acceptors (Lipinski definition) is 5. The molecule has 1 N–H and O–H groups in total. The van der Waals surface area contributed by atoms with E-state index in [0.717, 1.165) is 28.2 Å².